The standard InChI is InChI=1S/C14H20/c1-10(2)13-8-14(13,9-13)12-6-4-11(3)5-7-12/h4-6,10,12H,7-9H2,1-3H3. The Balaban J connectivity index is 1.75. The van der Waals surface area contributed by atoms with Crippen molar-refractivity contribution in [1.29, 1.82) is 0 Å². The fraction of sp³-hybridized carbons (Fsp3) is 0.714. The molecular formula is C14H20. The molecule has 14 heavy (non-hydrogen) atoms. The smallest absolute Gasteiger partial charge is 0.0133 e. The van der Waals surface area contributed by atoms with E-state index < -0.39 is 0 Å². The molecule has 0 aromatic heterocycles. The highest BCUT2D eigenvalue weighted by atomic mass is 14.9. The third kappa shape index (κ3) is 0.852. The first-order chi connectivity index (χ1) is 6.61. The van der Waals surface area contributed by atoms with Crippen LogP contribution < -0.4 is 0 Å². The van der Waals surface area contributed by atoms with Crippen molar-refractivity contribution in [2.24, 2.45) is 22.7 Å². The van der Waals surface area contributed by atoms with E-state index in [1.807, 2.05) is 0 Å². The molecule has 3 aliphatic rings. The van der Waals surface area contributed by atoms with Gasteiger partial charge in [0.15, 0.2) is 0 Å². The number of fused-ring (bicyclic) bond motifs is 1. The summed E-state index contributed by atoms with van der Waals surface area (Å²) in [5.74, 6) is 1.77. The van der Waals surface area contributed by atoms with Crippen molar-refractivity contribution in [3.05, 3.63) is 23.8 Å². The molecule has 0 spiro atoms. The average molecular weight is 188 g/mol. The second-order valence-corrected chi connectivity index (χ2v) is 5.97. The van der Waals surface area contributed by atoms with Crippen LogP contribution in [0.25, 0.3) is 0 Å². The summed E-state index contributed by atoms with van der Waals surface area (Å²) in [6, 6.07) is 0. The molecule has 0 nitrogen and oxygen atoms in total. The van der Waals surface area contributed by atoms with E-state index in [9.17, 15) is 0 Å². The minimum atomic E-state index is 0.759. The van der Waals surface area contributed by atoms with E-state index in [-0.39, 0.29) is 0 Å². The minimum absolute atomic E-state index is 0.759. The van der Waals surface area contributed by atoms with Gasteiger partial charge in [0.1, 0.15) is 0 Å². The Bertz CT molecular complexity index is 324. The average Bonchev–Trinajstić information content (AvgIpc) is 2.90. The Morgan fingerprint density at radius 3 is 2.50 bits per heavy atom. The van der Waals surface area contributed by atoms with Crippen molar-refractivity contribution < 1.29 is 0 Å². The minimum Gasteiger partial charge on any atom is -0.0810 e. The second-order valence-electron chi connectivity index (χ2n) is 5.97. The third-order valence-electron chi connectivity index (χ3n) is 5.10. The molecule has 1 atom stereocenters. The SMILES string of the molecule is CC1=CCC(C23CC2(C(C)C)C3)C=C1. The lowest BCUT2D eigenvalue weighted by Gasteiger charge is -2.17. The highest BCUT2D eigenvalue weighted by Crippen LogP contribution is 2.92. The van der Waals surface area contributed by atoms with Crippen LogP contribution in [0, 0.1) is 22.7 Å². The molecule has 0 bridgehead atoms. The summed E-state index contributed by atoms with van der Waals surface area (Å²) >= 11 is 0. The predicted molar refractivity (Wildman–Crippen MR) is 59.9 cm³/mol. The predicted octanol–water partition coefficient (Wildman–Crippen LogP) is 3.95. The quantitative estimate of drug-likeness (QED) is 0.615. The van der Waals surface area contributed by atoms with Gasteiger partial charge in [-0.2, -0.15) is 0 Å². The summed E-state index contributed by atoms with van der Waals surface area (Å²) < 4.78 is 0. The Morgan fingerprint density at radius 2 is 2.07 bits per heavy atom. The van der Waals surface area contributed by atoms with Gasteiger partial charge in [0.05, 0.1) is 0 Å². The van der Waals surface area contributed by atoms with E-state index in [4.69, 9.17) is 0 Å². The summed E-state index contributed by atoms with van der Waals surface area (Å²) in [5, 5.41) is 0. The van der Waals surface area contributed by atoms with Crippen molar-refractivity contribution in [3.63, 3.8) is 0 Å². The lowest BCUT2D eigenvalue weighted by atomic mass is 9.88. The normalized spacial score (nSPS) is 48.9. The molecule has 1 unspecified atom stereocenters. The molecule has 0 saturated heterocycles. The zero-order valence-electron chi connectivity index (χ0n) is 9.51. The van der Waals surface area contributed by atoms with Crippen LogP contribution in [0.1, 0.15) is 40.0 Å². The molecule has 3 aliphatic carbocycles. The first-order valence-electron chi connectivity index (χ1n) is 5.96. The van der Waals surface area contributed by atoms with Crippen LogP contribution >= 0.6 is 0 Å². The monoisotopic (exact) mass is 188 g/mol. The molecule has 0 aliphatic heterocycles. The second kappa shape index (κ2) is 2.35. The fourth-order valence-corrected chi connectivity index (χ4v) is 3.74. The Hall–Kier alpha value is -0.520. The maximum absolute atomic E-state index is 2.48. The van der Waals surface area contributed by atoms with E-state index in [1.54, 1.807) is 0 Å². The molecule has 76 valence electrons. The third-order valence-corrected chi connectivity index (χ3v) is 5.10. The lowest BCUT2D eigenvalue weighted by Crippen LogP contribution is -2.07. The molecule has 0 heterocycles. The first kappa shape index (κ1) is 8.76. The van der Waals surface area contributed by atoms with Crippen LogP contribution in [0.15, 0.2) is 23.8 Å². The number of hydrogen-bond acceptors (Lipinski definition) is 0. The zero-order chi connectivity index (χ0) is 9.97. The number of rotatable bonds is 2. The van der Waals surface area contributed by atoms with Gasteiger partial charge in [-0.05, 0) is 48.9 Å². The maximum atomic E-state index is 2.48. The molecule has 0 heteroatoms. The van der Waals surface area contributed by atoms with Gasteiger partial charge in [-0.25, -0.2) is 0 Å². The van der Waals surface area contributed by atoms with E-state index in [0.29, 0.717) is 0 Å². The van der Waals surface area contributed by atoms with Crippen LogP contribution in [-0.2, 0) is 0 Å². The van der Waals surface area contributed by atoms with Crippen LogP contribution in [0.4, 0.5) is 0 Å². The van der Waals surface area contributed by atoms with Crippen molar-refractivity contribution in [2.75, 3.05) is 0 Å². The fourth-order valence-electron chi connectivity index (χ4n) is 3.74. The van der Waals surface area contributed by atoms with Gasteiger partial charge in [0, 0.05) is 0 Å². The molecule has 2 saturated carbocycles. The van der Waals surface area contributed by atoms with Crippen molar-refractivity contribution in [3.8, 4) is 0 Å². The Kier molecular flexibility index (Phi) is 1.47. The van der Waals surface area contributed by atoms with Crippen LogP contribution in [-0.4, -0.2) is 0 Å². The van der Waals surface area contributed by atoms with Gasteiger partial charge in [-0.1, -0.05) is 37.6 Å². The van der Waals surface area contributed by atoms with E-state index in [0.717, 1.165) is 22.7 Å². The Labute approximate surface area is 87.1 Å². The maximum Gasteiger partial charge on any atom is -0.0133 e. The number of allylic oxidation sites excluding steroid dienone is 4. The summed E-state index contributed by atoms with van der Waals surface area (Å²) in [7, 11) is 0. The Morgan fingerprint density at radius 1 is 1.36 bits per heavy atom. The molecule has 0 amide bonds. The highest BCUT2D eigenvalue weighted by molar-refractivity contribution is 5.38. The van der Waals surface area contributed by atoms with Crippen molar-refractivity contribution in [1.82, 2.24) is 0 Å². The largest absolute Gasteiger partial charge is 0.0810 e. The molecule has 0 aromatic rings. The van der Waals surface area contributed by atoms with Gasteiger partial charge in [-0.15, -0.1) is 0 Å². The van der Waals surface area contributed by atoms with Crippen LogP contribution in [0.5, 0.6) is 0 Å². The lowest BCUT2D eigenvalue weighted by molar-refractivity contribution is 0.452. The first-order valence-corrected chi connectivity index (χ1v) is 5.96. The van der Waals surface area contributed by atoms with Crippen LogP contribution in [0.3, 0.4) is 0 Å². The summed E-state index contributed by atoms with van der Waals surface area (Å²) in [6.07, 6.45) is 11.5. The van der Waals surface area contributed by atoms with Gasteiger partial charge >= 0.3 is 0 Å². The van der Waals surface area contributed by atoms with Crippen molar-refractivity contribution >= 4 is 0 Å². The van der Waals surface area contributed by atoms with E-state index in [1.165, 1.54) is 24.8 Å². The molecule has 0 aromatic carbocycles. The zero-order valence-corrected chi connectivity index (χ0v) is 9.51. The van der Waals surface area contributed by atoms with Gasteiger partial charge in [0.25, 0.3) is 0 Å². The van der Waals surface area contributed by atoms with Gasteiger partial charge in [-0.3, -0.25) is 0 Å². The van der Waals surface area contributed by atoms with Gasteiger partial charge < -0.3 is 0 Å². The topological polar surface area (TPSA) is 0 Å². The summed E-state index contributed by atoms with van der Waals surface area (Å²) in [6.45, 7) is 7.02. The molecule has 3 rings (SSSR count). The van der Waals surface area contributed by atoms with E-state index in [2.05, 4.69) is 39.0 Å². The van der Waals surface area contributed by atoms with Gasteiger partial charge in [0.2, 0.25) is 0 Å². The van der Waals surface area contributed by atoms with Crippen LogP contribution in [0.2, 0.25) is 0 Å². The van der Waals surface area contributed by atoms with E-state index >= 15 is 0 Å². The summed E-state index contributed by atoms with van der Waals surface area (Å²) in [4.78, 5) is 0. The molecule has 0 radical (unpaired) electrons. The molecular weight excluding hydrogens is 168 g/mol. The highest BCUT2D eigenvalue weighted by Gasteiger charge is 2.84. The summed E-state index contributed by atoms with van der Waals surface area (Å²) in [5.41, 5.74) is 2.99. The molecule has 2 fully saturated rings. The van der Waals surface area contributed by atoms with Crippen molar-refractivity contribution in [2.45, 2.75) is 40.0 Å². The number of hydrogen-bond donors (Lipinski definition) is 0. The molecule has 0 N–H and O–H groups in total.